The van der Waals surface area contributed by atoms with E-state index in [1.165, 1.54) is 0 Å². The number of hydrogen-bond acceptors (Lipinski definition) is 6. The standard InChI is InChI=1S/C20H32N4O4S/c1-14-11-17(21-20(25)18-12-19(28-22-18)16-3-4-16)6-9-24(14)29(26,27)10-7-15-5-8-23(2)13-15/h12,14-17H,3-11,13H2,1-2H3,(H,21,25)/t14-,15-,17-/m0/s1. The second-order valence-electron chi connectivity index (χ2n) is 9.06. The Morgan fingerprint density at radius 2 is 2.07 bits per heavy atom. The largest absolute Gasteiger partial charge is 0.360 e. The molecule has 3 atom stereocenters. The van der Waals surface area contributed by atoms with Crippen LogP contribution in [0.15, 0.2) is 10.6 Å². The van der Waals surface area contributed by atoms with Crippen LogP contribution in [-0.4, -0.2) is 73.2 Å². The maximum Gasteiger partial charge on any atom is 0.273 e. The van der Waals surface area contributed by atoms with E-state index in [0.717, 1.165) is 44.5 Å². The number of rotatable bonds is 7. The van der Waals surface area contributed by atoms with Crippen LogP contribution < -0.4 is 5.32 Å². The predicted molar refractivity (Wildman–Crippen MR) is 109 cm³/mol. The summed E-state index contributed by atoms with van der Waals surface area (Å²) in [6, 6.07) is 1.56. The number of piperidine rings is 1. The van der Waals surface area contributed by atoms with Crippen LogP contribution in [0.2, 0.25) is 0 Å². The van der Waals surface area contributed by atoms with Crippen molar-refractivity contribution in [1.82, 2.24) is 19.7 Å². The Labute approximate surface area is 173 Å². The highest BCUT2D eigenvalue weighted by atomic mass is 32.2. The lowest BCUT2D eigenvalue weighted by Gasteiger charge is -2.37. The van der Waals surface area contributed by atoms with Gasteiger partial charge in [0.1, 0.15) is 5.76 Å². The summed E-state index contributed by atoms with van der Waals surface area (Å²) in [5, 5.41) is 6.89. The lowest BCUT2D eigenvalue weighted by molar-refractivity contribution is 0.0905. The van der Waals surface area contributed by atoms with Crippen LogP contribution >= 0.6 is 0 Å². The highest BCUT2D eigenvalue weighted by molar-refractivity contribution is 7.89. The Kier molecular flexibility index (Phi) is 5.99. The molecular weight excluding hydrogens is 392 g/mol. The van der Waals surface area contributed by atoms with Crippen molar-refractivity contribution in [3.63, 3.8) is 0 Å². The summed E-state index contributed by atoms with van der Waals surface area (Å²) in [6.45, 7) is 4.43. The van der Waals surface area contributed by atoms with Crippen LogP contribution in [0.4, 0.5) is 0 Å². The SMILES string of the molecule is C[C@H]1C[C@@H](NC(=O)c2cc(C3CC3)on2)CCN1S(=O)(=O)CC[C@@H]1CCN(C)C1. The summed E-state index contributed by atoms with van der Waals surface area (Å²) in [7, 11) is -1.18. The van der Waals surface area contributed by atoms with Crippen LogP contribution in [0.3, 0.4) is 0 Å². The van der Waals surface area contributed by atoms with Crippen molar-refractivity contribution in [1.29, 1.82) is 0 Å². The van der Waals surface area contributed by atoms with Gasteiger partial charge in [-0.05, 0) is 65.0 Å². The van der Waals surface area contributed by atoms with Gasteiger partial charge < -0.3 is 14.7 Å². The molecule has 8 nitrogen and oxygen atoms in total. The van der Waals surface area contributed by atoms with Gasteiger partial charge >= 0.3 is 0 Å². The quantitative estimate of drug-likeness (QED) is 0.717. The van der Waals surface area contributed by atoms with Gasteiger partial charge in [0.15, 0.2) is 5.69 Å². The first kappa shape index (κ1) is 20.8. The molecule has 2 saturated heterocycles. The minimum absolute atomic E-state index is 0.0477. The zero-order valence-corrected chi connectivity index (χ0v) is 18.2. The minimum atomic E-state index is -3.27. The van der Waals surface area contributed by atoms with Crippen molar-refractivity contribution in [2.75, 3.05) is 32.4 Å². The molecule has 1 N–H and O–H groups in total. The van der Waals surface area contributed by atoms with Crippen molar-refractivity contribution in [2.45, 2.75) is 63.5 Å². The van der Waals surface area contributed by atoms with E-state index in [4.69, 9.17) is 4.52 Å². The topological polar surface area (TPSA) is 95.7 Å². The first-order valence-corrected chi connectivity index (χ1v) is 12.4. The Morgan fingerprint density at radius 1 is 1.28 bits per heavy atom. The molecule has 1 aromatic heterocycles. The summed E-state index contributed by atoms with van der Waals surface area (Å²) >= 11 is 0. The average Bonchev–Trinajstić information content (AvgIpc) is 3.24. The number of sulfonamides is 1. The molecule has 0 aromatic carbocycles. The van der Waals surface area contributed by atoms with Crippen LogP contribution in [0.5, 0.6) is 0 Å². The monoisotopic (exact) mass is 424 g/mol. The Morgan fingerprint density at radius 3 is 2.72 bits per heavy atom. The van der Waals surface area contributed by atoms with Crippen molar-refractivity contribution in [3.05, 3.63) is 17.5 Å². The summed E-state index contributed by atoms with van der Waals surface area (Å²) in [4.78, 5) is 14.7. The van der Waals surface area contributed by atoms with Crippen molar-refractivity contribution in [2.24, 2.45) is 5.92 Å². The van der Waals surface area contributed by atoms with E-state index >= 15 is 0 Å². The van der Waals surface area contributed by atoms with Crippen LogP contribution in [0.1, 0.15) is 67.6 Å². The van der Waals surface area contributed by atoms with Gasteiger partial charge in [0.05, 0.1) is 5.75 Å². The third-order valence-electron chi connectivity index (χ3n) is 6.52. The third-order valence-corrected chi connectivity index (χ3v) is 8.53. The molecule has 0 spiro atoms. The molecule has 162 valence electrons. The van der Waals surface area contributed by atoms with Crippen molar-refractivity contribution >= 4 is 15.9 Å². The van der Waals surface area contributed by atoms with Gasteiger partial charge in [0.25, 0.3) is 5.91 Å². The fourth-order valence-corrected chi connectivity index (χ4v) is 6.49. The first-order chi connectivity index (χ1) is 13.8. The highest BCUT2D eigenvalue weighted by Crippen LogP contribution is 2.40. The molecule has 3 fully saturated rings. The van der Waals surface area contributed by atoms with E-state index in [0.29, 0.717) is 36.9 Å². The van der Waals surface area contributed by atoms with Gasteiger partial charge in [-0.1, -0.05) is 5.16 Å². The third kappa shape index (κ3) is 5.00. The number of likely N-dealkylation sites (tertiary alicyclic amines) is 1. The molecule has 9 heteroatoms. The molecule has 1 saturated carbocycles. The van der Waals surface area contributed by atoms with Crippen LogP contribution in [0.25, 0.3) is 0 Å². The van der Waals surface area contributed by atoms with Gasteiger partial charge in [-0.15, -0.1) is 0 Å². The number of nitrogens with zero attached hydrogens (tertiary/aromatic N) is 3. The first-order valence-electron chi connectivity index (χ1n) is 10.8. The molecule has 3 aliphatic rings. The van der Waals surface area contributed by atoms with Crippen LogP contribution in [-0.2, 0) is 10.0 Å². The Balaban J connectivity index is 1.27. The normalized spacial score (nSPS) is 29.2. The Bertz CT molecular complexity index is 835. The molecule has 1 aromatic rings. The number of carbonyl (C=O) groups is 1. The summed E-state index contributed by atoms with van der Waals surface area (Å²) in [6.07, 6.45) is 5.24. The molecule has 4 rings (SSSR count). The molecular formula is C20H32N4O4S. The predicted octanol–water partition coefficient (Wildman–Crippen LogP) is 1.81. The number of carbonyl (C=O) groups excluding carboxylic acids is 1. The molecule has 0 unspecified atom stereocenters. The number of hydrogen-bond donors (Lipinski definition) is 1. The molecule has 2 aliphatic heterocycles. The lowest BCUT2D eigenvalue weighted by atomic mass is 10.0. The maximum absolute atomic E-state index is 12.9. The number of amides is 1. The molecule has 1 aliphatic carbocycles. The van der Waals surface area contributed by atoms with E-state index in [1.807, 2.05) is 6.92 Å². The number of aromatic nitrogens is 1. The molecule has 29 heavy (non-hydrogen) atoms. The van der Waals surface area contributed by atoms with Crippen LogP contribution in [0, 0.1) is 5.92 Å². The molecule has 0 bridgehead atoms. The van der Waals surface area contributed by atoms with Crippen molar-refractivity contribution in [3.8, 4) is 0 Å². The van der Waals surface area contributed by atoms with Gasteiger partial charge in [0.2, 0.25) is 10.0 Å². The summed E-state index contributed by atoms with van der Waals surface area (Å²) in [5.41, 5.74) is 0.316. The Hall–Kier alpha value is -1.45. The second-order valence-corrected chi connectivity index (χ2v) is 11.1. The van der Waals surface area contributed by atoms with E-state index in [1.54, 1.807) is 10.4 Å². The summed E-state index contributed by atoms with van der Waals surface area (Å²) < 4.78 is 32.6. The van der Waals surface area contributed by atoms with Gasteiger partial charge in [-0.25, -0.2) is 8.42 Å². The van der Waals surface area contributed by atoms with Gasteiger partial charge in [0, 0.05) is 37.2 Å². The smallest absolute Gasteiger partial charge is 0.273 e. The zero-order chi connectivity index (χ0) is 20.6. The zero-order valence-electron chi connectivity index (χ0n) is 17.3. The molecule has 3 heterocycles. The van der Waals surface area contributed by atoms with E-state index in [-0.39, 0.29) is 23.7 Å². The molecule has 1 amide bonds. The van der Waals surface area contributed by atoms with Gasteiger partial charge in [-0.3, -0.25) is 4.79 Å². The lowest BCUT2D eigenvalue weighted by Crippen LogP contribution is -2.51. The fraction of sp³-hybridized carbons (Fsp3) is 0.800. The van der Waals surface area contributed by atoms with E-state index in [9.17, 15) is 13.2 Å². The molecule has 0 radical (unpaired) electrons. The second kappa shape index (κ2) is 8.35. The van der Waals surface area contributed by atoms with Gasteiger partial charge in [-0.2, -0.15) is 4.31 Å². The summed E-state index contributed by atoms with van der Waals surface area (Å²) in [5.74, 6) is 1.67. The average molecular weight is 425 g/mol. The fourth-order valence-electron chi connectivity index (χ4n) is 4.61. The highest BCUT2D eigenvalue weighted by Gasteiger charge is 2.35. The van der Waals surface area contributed by atoms with Crippen molar-refractivity contribution < 1.29 is 17.7 Å². The van der Waals surface area contributed by atoms with E-state index < -0.39 is 10.0 Å². The maximum atomic E-state index is 12.9. The number of nitrogens with one attached hydrogen (secondary N) is 1. The minimum Gasteiger partial charge on any atom is -0.360 e. The van der Waals surface area contributed by atoms with E-state index in [2.05, 4.69) is 22.4 Å².